The van der Waals surface area contributed by atoms with Gasteiger partial charge in [-0.2, -0.15) is 17.5 Å². The van der Waals surface area contributed by atoms with Crippen LogP contribution in [0.5, 0.6) is 0 Å². The number of carbonyl (C=O) groups is 3. The van der Waals surface area contributed by atoms with E-state index in [-0.39, 0.29) is 6.42 Å². The lowest BCUT2D eigenvalue weighted by molar-refractivity contribution is -0.192. The molecule has 208 valence electrons. The summed E-state index contributed by atoms with van der Waals surface area (Å²) in [6, 6.07) is 5.81. The third-order valence-corrected chi connectivity index (χ3v) is 7.58. The summed E-state index contributed by atoms with van der Waals surface area (Å²) in [4.78, 5) is 39.1. The SMILES string of the molecule is O=C(O)C(F)(F)F.O=C(O)CN(C1CCN(CCNc2ccncc2)C1=O)S(=O)(=O)/C=C/c1ccc(Cl)s1. The zero-order valence-corrected chi connectivity index (χ0v) is 21.7. The number of aliphatic carboxylic acids is 2. The maximum absolute atomic E-state index is 12.8. The number of likely N-dealkylation sites (tertiary alicyclic amines) is 1. The van der Waals surface area contributed by atoms with Crippen molar-refractivity contribution in [2.75, 3.05) is 31.5 Å². The number of amides is 1. The molecule has 11 nitrogen and oxygen atoms in total. The predicted octanol–water partition coefficient (Wildman–Crippen LogP) is 2.83. The molecule has 0 spiro atoms. The highest BCUT2D eigenvalue weighted by Crippen LogP contribution is 2.25. The number of hydrogen-bond acceptors (Lipinski definition) is 8. The molecule has 1 saturated heterocycles. The van der Waals surface area contributed by atoms with Crippen molar-refractivity contribution < 1.29 is 46.2 Å². The van der Waals surface area contributed by atoms with Crippen LogP contribution < -0.4 is 5.32 Å². The van der Waals surface area contributed by atoms with Crippen LogP contribution in [-0.4, -0.2) is 89.1 Å². The number of thiophene rings is 1. The highest BCUT2D eigenvalue weighted by Gasteiger charge is 2.41. The van der Waals surface area contributed by atoms with E-state index in [1.54, 1.807) is 36.7 Å². The summed E-state index contributed by atoms with van der Waals surface area (Å²) >= 11 is 7.04. The summed E-state index contributed by atoms with van der Waals surface area (Å²) in [5, 5.41) is 20.4. The van der Waals surface area contributed by atoms with Crippen molar-refractivity contribution in [2.45, 2.75) is 18.6 Å². The fraction of sp³-hybridized carbons (Fsp3) is 0.333. The summed E-state index contributed by atoms with van der Waals surface area (Å²) in [6.07, 6.45) is -0.229. The van der Waals surface area contributed by atoms with Crippen LogP contribution in [0.2, 0.25) is 4.34 Å². The summed E-state index contributed by atoms with van der Waals surface area (Å²) in [5.74, 6) is -4.50. The van der Waals surface area contributed by atoms with Gasteiger partial charge in [0, 0.05) is 48.0 Å². The normalized spacial score (nSPS) is 16.0. The number of rotatable bonds is 10. The number of nitrogens with one attached hydrogen (secondary N) is 1. The Balaban J connectivity index is 0.000000638. The molecule has 1 amide bonds. The predicted molar refractivity (Wildman–Crippen MR) is 133 cm³/mol. The lowest BCUT2D eigenvalue weighted by Crippen LogP contribution is -2.47. The third-order valence-electron chi connectivity index (χ3n) is 4.87. The van der Waals surface area contributed by atoms with Crippen molar-refractivity contribution in [3.05, 3.63) is 51.3 Å². The molecule has 3 heterocycles. The largest absolute Gasteiger partial charge is 0.490 e. The second-order valence-electron chi connectivity index (χ2n) is 7.52. The molecule has 2 aromatic heterocycles. The van der Waals surface area contributed by atoms with Crippen LogP contribution in [0.25, 0.3) is 6.08 Å². The number of halogens is 4. The van der Waals surface area contributed by atoms with E-state index >= 15 is 0 Å². The van der Waals surface area contributed by atoms with Crippen molar-refractivity contribution >= 4 is 62.6 Å². The number of carboxylic acids is 2. The number of alkyl halides is 3. The van der Waals surface area contributed by atoms with Crippen LogP contribution in [0.15, 0.2) is 42.1 Å². The number of carboxylic acid groups (broad SMARTS) is 2. The molecule has 1 aliphatic rings. The van der Waals surface area contributed by atoms with Gasteiger partial charge in [0.15, 0.2) is 0 Å². The van der Waals surface area contributed by atoms with Gasteiger partial charge in [-0.25, -0.2) is 13.2 Å². The van der Waals surface area contributed by atoms with E-state index in [0.29, 0.717) is 28.8 Å². The first-order valence-electron chi connectivity index (χ1n) is 10.6. The molecule has 0 bridgehead atoms. The van der Waals surface area contributed by atoms with E-state index in [1.807, 2.05) is 0 Å². The number of carbonyl (C=O) groups excluding carboxylic acids is 1. The van der Waals surface area contributed by atoms with Gasteiger partial charge in [-0.15, -0.1) is 11.3 Å². The Kier molecular flexibility index (Phi) is 11.1. The van der Waals surface area contributed by atoms with Gasteiger partial charge in [-0.1, -0.05) is 11.6 Å². The Morgan fingerprint density at radius 2 is 1.87 bits per heavy atom. The number of pyridine rings is 1. The first-order chi connectivity index (χ1) is 17.7. The van der Waals surface area contributed by atoms with E-state index in [2.05, 4.69) is 10.3 Å². The minimum Gasteiger partial charge on any atom is -0.480 e. The van der Waals surface area contributed by atoms with Crippen molar-refractivity contribution in [1.29, 1.82) is 0 Å². The summed E-state index contributed by atoms with van der Waals surface area (Å²) in [7, 11) is -4.14. The number of aromatic nitrogens is 1. The number of hydrogen-bond donors (Lipinski definition) is 3. The van der Waals surface area contributed by atoms with Crippen LogP contribution in [0.3, 0.4) is 0 Å². The summed E-state index contributed by atoms with van der Waals surface area (Å²) in [6.45, 7) is 0.379. The zero-order valence-electron chi connectivity index (χ0n) is 19.3. The highest BCUT2D eigenvalue weighted by atomic mass is 35.5. The minimum absolute atomic E-state index is 0.221. The molecule has 0 aliphatic carbocycles. The van der Waals surface area contributed by atoms with E-state index < -0.39 is 46.6 Å². The third kappa shape index (κ3) is 9.59. The van der Waals surface area contributed by atoms with Crippen LogP contribution in [0.4, 0.5) is 18.9 Å². The highest BCUT2D eigenvalue weighted by molar-refractivity contribution is 7.92. The summed E-state index contributed by atoms with van der Waals surface area (Å²) in [5.41, 5.74) is 0.854. The fourth-order valence-corrected chi connectivity index (χ4v) is 5.54. The molecule has 38 heavy (non-hydrogen) atoms. The Bertz CT molecular complexity index is 1260. The maximum atomic E-state index is 12.8. The van der Waals surface area contributed by atoms with E-state index in [0.717, 1.165) is 15.4 Å². The Hall–Kier alpha value is -3.21. The van der Waals surface area contributed by atoms with Crippen molar-refractivity contribution in [2.24, 2.45) is 0 Å². The molecular formula is C21H22ClF3N4O7S2. The standard InChI is InChI=1S/C19H21ClN4O5S2.C2HF3O2/c20-17-2-1-15(30-17)6-12-31(28,29)24(13-18(25)26)16-5-10-23(19(16)27)11-9-22-14-3-7-21-8-4-14;3-2(4,5)1(6)7/h1-4,6-8,12,16H,5,9-11,13H2,(H,21,22)(H,25,26);(H,6,7)/b12-6+;. The molecule has 1 aliphatic heterocycles. The Morgan fingerprint density at radius 3 is 2.39 bits per heavy atom. The molecule has 17 heteroatoms. The van der Waals surface area contributed by atoms with E-state index in [1.165, 1.54) is 22.3 Å². The summed E-state index contributed by atoms with van der Waals surface area (Å²) < 4.78 is 58.7. The second-order valence-corrected chi connectivity index (χ2v) is 11.0. The average molecular weight is 599 g/mol. The quantitative estimate of drug-likeness (QED) is 0.374. The van der Waals surface area contributed by atoms with Gasteiger partial charge >= 0.3 is 18.1 Å². The number of sulfonamides is 1. The molecule has 3 rings (SSSR count). The monoisotopic (exact) mass is 598 g/mol. The van der Waals surface area contributed by atoms with E-state index in [4.69, 9.17) is 21.5 Å². The maximum Gasteiger partial charge on any atom is 0.490 e. The zero-order chi connectivity index (χ0) is 28.5. The van der Waals surface area contributed by atoms with Gasteiger partial charge in [0.1, 0.15) is 12.6 Å². The van der Waals surface area contributed by atoms with Gasteiger partial charge in [0.25, 0.3) is 0 Å². The van der Waals surface area contributed by atoms with Crippen molar-refractivity contribution in [3.8, 4) is 0 Å². The Labute approximate surface area is 224 Å². The first kappa shape index (κ1) is 31.0. The fourth-order valence-electron chi connectivity index (χ4n) is 3.18. The molecular weight excluding hydrogens is 577 g/mol. The van der Waals surface area contributed by atoms with Crippen molar-refractivity contribution in [1.82, 2.24) is 14.2 Å². The van der Waals surface area contributed by atoms with Crippen LogP contribution >= 0.6 is 22.9 Å². The lowest BCUT2D eigenvalue weighted by Gasteiger charge is -2.24. The molecule has 2 aromatic rings. The molecule has 0 aromatic carbocycles. The van der Waals surface area contributed by atoms with Gasteiger partial charge in [-0.05, 0) is 36.8 Å². The molecule has 0 radical (unpaired) electrons. The van der Waals surface area contributed by atoms with Gasteiger partial charge in [0.2, 0.25) is 15.9 Å². The Morgan fingerprint density at radius 1 is 1.24 bits per heavy atom. The topological polar surface area (TPSA) is 157 Å². The second kappa shape index (κ2) is 13.5. The van der Waals surface area contributed by atoms with Gasteiger partial charge in [0.05, 0.1) is 4.34 Å². The molecule has 3 N–H and O–H groups in total. The number of nitrogens with zero attached hydrogens (tertiary/aromatic N) is 3. The first-order valence-corrected chi connectivity index (χ1v) is 13.3. The van der Waals surface area contributed by atoms with Crippen LogP contribution in [-0.2, 0) is 24.4 Å². The molecule has 1 fully saturated rings. The van der Waals surface area contributed by atoms with E-state index in [9.17, 15) is 36.3 Å². The van der Waals surface area contributed by atoms with Gasteiger partial charge in [-0.3, -0.25) is 14.6 Å². The van der Waals surface area contributed by atoms with Gasteiger partial charge < -0.3 is 20.4 Å². The van der Waals surface area contributed by atoms with Crippen molar-refractivity contribution in [3.63, 3.8) is 0 Å². The average Bonchev–Trinajstić information content (AvgIpc) is 3.41. The molecule has 0 saturated carbocycles. The number of anilines is 1. The smallest absolute Gasteiger partial charge is 0.480 e. The van der Waals surface area contributed by atoms with Crippen LogP contribution in [0, 0.1) is 0 Å². The lowest BCUT2D eigenvalue weighted by atomic mass is 10.2. The van der Waals surface area contributed by atoms with Crippen LogP contribution in [0.1, 0.15) is 11.3 Å². The molecule has 1 unspecified atom stereocenters. The molecule has 1 atom stereocenters. The minimum atomic E-state index is -5.08.